The number of ether oxygens (including phenoxy) is 1. The van der Waals surface area contributed by atoms with Crippen LogP contribution in [-0.4, -0.2) is 35.9 Å². The van der Waals surface area contributed by atoms with E-state index in [0.717, 1.165) is 17.7 Å². The summed E-state index contributed by atoms with van der Waals surface area (Å²) in [5.41, 5.74) is 1.05. The van der Waals surface area contributed by atoms with Crippen molar-refractivity contribution >= 4 is 11.8 Å². The van der Waals surface area contributed by atoms with Gasteiger partial charge < -0.3 is 10.1 Å². The third kappa shape index (κ3) is 3.42. The molecule has 0 aliphatic carbocycles. The highest BCUT2D eigenvalue weighted by Crippen LogP contribution is 2.18. The van der Waals surface area contributed by atoms with Crippen LogP contribution in [-0.2, 0) is 16.1 Å². The predicted molar refractivity (Wildman–Crippen MR) is 79.8 cm³/mol. The molecular weight excluding hydrogens is 268 g/mol. The molecule has 21 heavy (non-hydrogen) atoms. The van der Waals surface area contributed by atoms with Crippen LogP contribution in [0.4, 0.5) is 0 Å². The normalized spacial score (nSPS) is 20.0. The molecule has 2 amide bonds. The van der Waals surface area contributed by atoms with Gasteiger partial charge in [-0.2, -0.15) is 0 Å². The van der Waals surface area contributed by atoms with E-state index in [-0.39, 0.29) is 24.3 Å². The fourth-order valence-electron chi connectivity index (χ4n) is 2.44. The van der Waals surface area contributed by atoms with Crippen LogP contribution in [0.2, 0.25) is 0 Å². The van der Waals surface area contributed by atoms with Crippen molar-refractivity contribution in [3.05, 3.63) is 29.8 Å². The Labute approximate surface area is 125 Å². The van der Waals surface area contributed by atoms with E-state index >= 15 is 0 Å². The molecule has 0 aromatic heterocycles. The van der Waals surface area contributed by atoms with E-state index in [0.29, 0.717) is 6.54 Å². The van der Waals surface area contributed by atoms with E-state index in [2.05, 4.69) is 5.32 Å². The monoisotopic (exact) mass is 290 g/mol. The molecule has 0 radical (unpaired) electrons. The molecule has 1 aliphatic rings. The van der Waals surface area contributed by atoms with Gasteiger partial charge in [-0.15, -0.1) is 0 Å². The fraction of sp³-hybridized carbons (Fsp3) is 0.500. The van der Waals surface area contributed by atoms with Crippen LogP contribution >= 0.6 is 0 Å². The summed E-state index contributed by atoms with van der Waals surface area (Å²) in [7, 11) is 1.62. The van der Waals surface area contributed by atoms with Gasteiger partial charge in [-0.1, -0.05) is 19.1 Å². The third-order valence-electron chi connectivity index (χ3n) is 3.93. The molecule has 0 saturated carbocycles. The highest BCUT2D eigenvalue weighted by Gasteiger charge is 2.40. The minimum atomic E-state index is -0.409. The van der Waals surface area contributed by atoms with Gasteiger partial charge in [-0.3, -0.25) is 14.5 Å². The van der Waals surface area contributed by atoms with E-state index in [1.807, 2.05) is 38.1 Å². The van der Waals surface area contributed by atoms with Crippen molar-refractivity contribution in [2.45, 2.75) is 45.3 Å². The van der Waals surface area contributed by atoms with Crippen molar-refractivity contribution in [3.8, 4) is 5.75 Å². The molecule has 1 aliphatic heterocycles. The van der Waals surface area contributed by atoms with Crippen molar-refractivity contribution in [1.29, 1.82) is 0 Å². The molecule has 1 aromatic carbocycles. The molecule has 5 heteroatoms. The van der Waals surface area contributed by atoms with Crippen LogP contribution < -0.4 is 10.1 Å². The molecule has 0 bridgehead atoms. The first-order chi connectivity index (χ1) is 10.1. The van der Waals surface area contributed by atoms with Crippen LogP contribution in [0.5, 0.6) is 5.75 Å². The lowest BCUT2D eigenvalue weighted by molar-refractivity contribution is -0.141. The molecule has 5 nitrogen and oxygen atoms in total. The number of carbonyl (C=O) groups is 2. The van der Waals surface area contributed by atoms with Gasteiger partial charge in [-0.05, 0) is 31.0 Å². The summed E-state index contributed by atoms with van der Waals surface area (Å²) in [4.78, 5) is 25.6. The highest BCUT2D eigenvalue weighted by molar-refractivity contribution is 6.05. The first-order valence-corrected chi connectivity index (χ1v) is 7.29. The number of nitrogens with one attached hydrogen (secondary N) is 1. The highest BCUT2D eigenvalue weighted by atomic mass is 16.5. The molecule has 0 spiro atoms. The molecule has 1 fully saturated rings. The second-order valence-electron chi connectivity index (χ2n) is 5.34. The number of amides is 2. The zero-order valence-electron chi connectivity index (χ0n) is 12.8. The lowest BCUT2D eigenvalue weighted by atomic mass is 10.2. The second-order valence-corrected chi connectivity index (χ2v) is 5.34. The largest absolute Gasteiger partial charge is 0.497 e. The summed E-state index contributed by atoms with van der Waals surface area (Å²) in [6.07, 6.45) is 1.03. The summed E-state index contributed by atoms with van der Waals surface area (Å²) in [6.45, 7) is 4.44. The first-order valence-electron chi connectivity index (χ1n) is 7.29. The Morgan fingerprint density at radius 3 is 2.57 bits per heavy atom. The lowest BCUT2D eigenvalue weighted by Gasteiger charge is -2.21. The molecular formula is C16H22N2O3. The van der Waals surface area contributed by atoms with Gasteiger partial charge in [0.05, 0.1) is 19.6 Å². The number of hydrogen-bond acceptors (Lipinski definition) is 4. The molecule has 2 rings (SSSR count). The fourth-order valence-corrected chi connectivity index (χ4v) is 2.44. The Morgan fingerprint density at radius 1 is 1.33 bits per heavy atom. The minimum Gasteiger partial charge on any atom is -0.497 e. The van der Waals surface area contributed by atoms with Gasteiger partial charge in [0.15, 0.2) is 0 Å². The summed E-state index contributed by atoms with van der Waals surface area (Å²) >= 11 is 0. The van der Waals surface area contributed by atoms with Gasteiger partial charge in [-0.25, -0.2) is 0 Å². The quantitative estimate of drug-likeness (QED) is 0.810. The molecule has 1 saturated heterocycles. The van der Waals surface area contributed by atoms with Crippen molar-refractivity contribution in [3.63, 3.8) is 0 Å². The van der Waals surface area contributed by atoms with Crippen molar-refractivity contribution < 1.29 is 14.3 Å². The topological polar surface area (TPSA) is 58.6 Å². The molecule has 1 N–H and O–H groups in total. The maximum atomic E-state index is 12.3. The predicted octanol–water partition coefficient (Wildman–Crippen LogP) is 1.71. The summed E-state index contributed by atoms with van der Waals surface area (Å²) < 4.78 is 5.11. The van der Waals surface area contributed by atoms with Crippen LogP contribution in [0.3, 0.4) is 0 Å². The zero-order valence-corrected chi connectivity index (χ0v) is 12.8. The Kier molecular flexibility index (Phi) is 4.96. The summed E-state index contributed by atoms with van der Waals surface area (Å²) in [5, 5.41) is 3.17. The molecule has 1 aromatic rings. The first kappa shape index (κ1) is 15.5. The van der Waals surface area contributed by atoms with E-state index < -0.39 is 6.04 Å². The van der Waals surface area contributed by atoms with Gasteiger partial charge >= 0.3 is 0 Å². The van der Waals surface area contributed by atoms with Crippen molar-refractivity contribution in [1.82, 2.24) is 10.2 Å². The average Bonchev–Trinajstić information content (AvgIpc) is 2.79. The minimum absolute atomic E-state index is 0.0298. The van der Waals surface area contributed by atoms with Crippen molar-refractivity contribution in [2.75, 3.05) is 7.11 Å². The standard InChI is InChI=1S/C16H22N2O3/c1-4-11(2)18-15(19)9-14(16(18)20)17-10-12-5-7-13(21-3)8-6-12/h5-8,11,14,17H,4,9-10H2,1-3H3. The van der Waals surface area contributed by atoms with Gasteiger partial charge in [0.25, 0.3) is 0 Å². The Hall–Kier alpha value is -1.88. The molecule has 114 valence electrons. The number of rotatable bonds is 6. The number of imide groups is 1. The summed E-state index contributed by atoms with van der Waals surface area (Å²) in [5.74, 6) is 0.609. The maximum Gasteiger partial charge on any atom is 0.247 e. The van der Waals surface area contributed by atoms with Gasteiger partial charge in [0.2, 0.25) is 11.8 Å². The number of carbonyl (C=O) groups excluding carboxylic acids is 2. The SMILES string of the molecule is CCC(C)N1C(=O)CC(NCc2ccc(OC)cc2)C1=O. The molecule has 2 atom stereocenters. The second kappa shape index (κ2) is 6.72. The van der Waals surface area contributed by atoms with Gasteiger partial charge in [0.1, 0.15) is 5.75 Å². The maximum absolute atomic E-state index is 12.3. The van der Waals surface area contributed by atoms with Gasteiger partial charge in [0, 0.05) is 12.6 Å². The van der Waals surface area contributed by atoms with E-state index in [4.69, 9.17) is 4.74 Å². The molecule has 2 unspecified atom stereocenters. The van der Waals surface area contributed by atoms with Crippen molar-refractivity contribution in [2.24, 2.45) is 0 Å². The van der Waals surface area contributed by atoms with E-state index in [1.165, 1.54) is 4.90 Å². The summed E-state index contributed by atoms with van der Waals surface area (Å²) in [6, 6.07) is 7.21. The Balaban J connectivity index is 1.94. The number of benzene rings is 1. The Bertz CT molecular complexity index is 513. The van der Waals surface area contributed by atoms with Crippen LogP contribution in [0.25, 0.3) is 0 Å². The van der Waals surface area contributed by atoms with E-state index in [1.54, 1.807) is 7.11 Å². The smallest absolute Gasteiger partial charge is 0.247 e. The van der Waals surface area contributed by atoms with Crippen LogP contribution in [0.1, 0.15) is 32.3 Å². The van der Waals surface area contributed by atoms with Crippen LogP contribution in [0.15, 0.2) is 24.3 Å². The van der Waals surface area contributed by atoms with Crippen LogP contribution in [0, 0.1) is 0 Å². The number of methoxy groups -OCH3 is 1. The number of hydrogen-bond donors (Lipinski definition) is 1. The third-order valence-corrected chi connectivity index (χ3v) is 3.93. The lowest BCUT2D eigenvalue weighted by Crippen LogP contribution is -2.42. The average molecular weight is 290 g/mol. The number of nitrogens with zero attached hydrogens (tertiary/aromatic N) is 1. The zero-order chi connectivity index (χ0) is 15.4. The van der Waals surface area contributed by atoms with E-state index in [9.17, 15) is 9.59 Å². The number of likely N-dealkylation sites (tertiary alicyclic amines) is 1. The Morgan fingerprint density at radius 2 is 2.00 bits per heavy atom. The molecule has 1 heterocycles.